The number of fused-ring (bicyclic) bond motifs is 5. The van der Waals surface area contributed by atoms with Crippen LogP contribution in [-0.4, -0.2) is 0 Å². The lowest BCUT2D eigenvalue weighted by Gasteiger charge is -2.18. The Morgan fingerprint density at radius 1 is 0.378 bits per heavy atom. The van der Waals surface area contributed by atoms with Crippen molar-refractivity contribution in [3.63, 3.8) is 0 Å². The van der Waals surface area contributed by atoms with Gasteiger partial charge in [0.25, 0.3) is 0 Å². The molecule has 0 N–H and O–H groups in total. The van der Waals surface area contributed by atoms with Crippen molar-refractivity contribution in [3.8, 4) is 44.5 Å². The first kappa shape index (κ1) is 14.7. The van der Waals surface area contributed by atoms with Crippen molar-refractivity contribution in [2.45, 2.75) is 0 Å². The molecule has 0 radical (unpaired) electrons. The van der Waals surface area contributed by atoms with E-state index in [0.717, 1.165) is 0 Å². The molecule has 0 aliphatic rings. The van der Waals surface area contributed by atoms with E-state index in [0.29, 0.717) is 32.7 Å². The predicted octanol–water partition coefficient (Wildman–Crippen LogP) is 12.6. The zero-order valence-electron chi connectivity index (χ0n) is 38.4. The van der Waals surface area contributed by atoms with Gasteiger partial charge in [0, 0.05) is 10.8 Å². The van der Waals surface area contributed by atoms with Crippen LogP contribution in [0, 0.1) is 0 Å². The highest BCUT2D eigenvalue weighted by Gasteiger charge is 2.19. The monoisotopic (exact) mass is 587 g/mol. The van der Waals surface area contributed by atoms with E-state index >= 15 is 0 Å². The molecule has 210 valence electrons. The molecule has 9 rings (SSSR count). The normalized spacial score (nSPS) is 16.2. The highest BCUT2D eigenvalue weighted by Crippen LogP contribution is 2.45. The fraction of sp³-hybridized carbons (Fsp3) is 0. The molecule has 1 heterocycles. The molecule has 1 aromatic heterocycles. The average Bonchev–Trinajstić information content (AvgIpc) is 3.65. The second-order valence-electron chi connectivity index (χ2n) is 10.5. The van der Waals surface area contributed by atoms with E-state index in [9.17, 15) is 6.85 Å². The van der Waals surface area contributed by atoms with Gasteiger partial charge in [0.05, 0.1) is 20.6 Å². The predicted molar refractivity (Wildman–Crippen MR) is 190 cm³/mol. The van der Waals surface area contributed by atoms with E-state index in [2.05, 4.69) is 0 Å². The largest absolute Gasteiger partial charge is 0.456 e. The van der Waals surface area contributed by atoms with E-state index in [1.807, 2.05) is 0 Å². The van der Waals surface area contributed by atoms with Gasteiger partial charge in [-0.2, -0.15) is 0 Å². The minimum Gasteiger partial charge on any atom is -0.456 e. The Bertz CT molecular complexity index is 3260. The minimum atomic E-state index is -0.683. The zero-order valence-corrected chi connectivity index (χ0v) is 23.4. The topological polar surface area (TPSA) is 13.1 Å². The van der Waals surface area contributed by atoms with E-state index in [4.69, 9.17) is 18.1 Å². The average molecular weight is 588 g/mol. The third-order valence-corrected chi connectivity index (χ3v) is 7.94. The summed E-state index contributed by atoms with van der Waals surface area (Å²) in [6.45, 7) is 0. The summed E-state index contributed by atoms with van der Waals surface area (Å²) in [5.41, 5.74) is 0.154. The number of benzene rings is 8. The molecular weight excluding hydrogens is 544 g/mol. The smallest absolute Gasteiger partial charge is 0.136 e. The highest BCUT2D eigenvalue weighted by molar-refractivity contribution is 6.22. The molecule has 0 atom stereocenters. The minimum absolute atomic E-state index is 0.0252. The standard InChI is InChI=1S/C44H28O/c1-3-12-29(13-4-1)30-22-24-32(25-23-30)42-35-16-7-9-18-37(35)43(38-19-10-8-17-36(38)42)33-26-27-40-39(28-33)44-34(20-11-21-41(44)45-40)31-14-5-2-6-15-31/h1-28H/i1D,3D,4D,11D,12D,13D,20D,21D,22D,23D,24D,25D,26D,27D,28D. The van der Waals surface area contributed by atoms with Crippen molar-refractivity contribution >= 4 is 43.5 Å². The van der Waals surface area contributed by atoms with E-state index in [1.165, 1.54) is 0 Å². The Labute approximate surface area is 282 Å². The molecular formula is C44H28O. The van der Waals surface area contributed by atoms with E-state index in [1.54, 1.807) is 78.9 Å². The Balaban J connectivity index is 1.41. The maximum Gasteiger partial charge on any atom is 0.136 e. The molecule has 0 amide bonds. The molecule has 0 unspecified atom stereocenters. The molecule has 0 aliphatic heterocycles. The van der Waals surface area contributed by atoms with Crippen molar-refractivity contribution in [2.24, 2.45) is 0 Å². The van der Waals surface area contributed by atoms with Gasteiger partial charge in [0.2, 0.25) is 0 Å². The van der Waals surface area contributed by atoms with Crippen molar-refractivity contribution in [2.75, 3.05) is 0 Å². The quantitative estimate of drug-likeness (QED) is 0.187. The molecule has 8 aromatic carbocycles. The Morgan fingerprint density at radius 2 is 0.933 bits per heavy atom. The molecule has 9 aromatic rings. The van der Waals surface area contributed by atoms with Crippen LogP contribution in [0.15, 0.2) is 174 Å². The van der Waals surface area contributed by atoms with E-state index < -0.39 is 77.6 Å². The lowest BCUT2D eigenvalue weighted by Crippen LogP contribution is -1.91. The number of furan rings is 1. The van der Waals surface area contributed by atoms with Crippen LogP contribution >= 0.6 is 0 Å². The summed E-state index contributed by atoms with van der Waals surface area (Å²) < 4.78 is 139. The maximum atomic E-state index is 9.83. The van der Waals surface area contributed by atoms with Crippen molar-refractivity contribution in [1.82, 2.24) is 0 Å². The summed E-state index contributed by atoms with van der Waals surface area (Å²) in [5.74, 6) is 0. The van der Waals surface area contributed by atoms with Gasteiger partial charge in [-0.05, 0) is 84.2 Å². The first-order valence-electron chi connectivity index (χ1n) is 21.7. The molecule has 0 saturated heterocycles. The van der Waals surface area contributed by atoms with Crippen LogP contribution in [0.2, 0.25) is 0 Å². The molecule has 0 aliphatic carbocycles. The highest BCUT2D eigenvalue weighted by atomic mass is 16.3. The van der Waals surface area contributed by atoms with Crippen molar-refractivity contribution in [1.29, 1.82) is 0 Å². The van der Waals surface area contributed by atoms with Crippen molar-refractivity contribution in [3.05, 3.63) is 169 Å². The Hall–Kier alpha value is -5.92. The maximum absolute atomic E-state index is 9.83. The number of rotatable bonds is 4. The lowest BCUT2D eigenvalue weighted by molar-refractivity contribution is 0.669. The van der Waals surface area contributed by atoms with Crippen LogP contribution in [0.1, 0.15) is 20.6 Å². The van der Waals surface area contributed by atoms with Crippen LogP contribution in [-0.2, 0) is 0 Å². The van der Waals surface area contributed by atoms with Crippen LogP contribution in [0.3, 0.4) is 0 Å². The summed E-state index contributed by atoms with van der Waals surface area (Å²) in [6, 6.07) is 14.8. The lowest BCUT2D eigenvalue weighted by atomic mass is 9.85. The van der Waals surface area contributed by atoms with Crippen LogP contribution < -0.4 is 0 Å². The second-order valence-corrected chi connectivity index (χ2v) is 10.5. The van der Waals surface area contributed by atoms with Gasteiger partial charge in [-0.15, -0.1) is 0 Å². The molecule has 1 nitrogen and oxygen atoms in total. The fourth-order valence-corrected chi connectivity index (χ4v) is 6.00. The van der Waals surface area contributed by atoms with Gasteiger partial charge < -0.3 is 4.42 Å². The summed E-state index contributed by atoms with van der Waals surface area (Å²) in [5, 5.41) is 1.97. The van der Waals surface area contributed by atoms with Crippen LogP contribution in [0.25, 0.3) is 88.0 Å². The Kier molecular flexibility index (Phi) is 3.39. The van der Waals surface area contributed by atoms with Crippen LogP contribution in [0.5, 0.6) is 0 Å². The first-order valence-corrected chi connectivity index (χ1v) is 14.2. The Morgan fingerprint density at radius 3 is 1.60 bits per heavy atom. The third kappa shape index (κ3) is 4.17. The number of hydrogen-bond donors (Lipinski definition) is 0. The molecule has 0 fully saturated rings. The first-order chi connectivity index (χ1) is 28.6. The summed E-state index contributed by atoms with van der Waals surface area (Å²) in [6.07, 6.45) is 0. The van der Waals surface area contributed by atoms with Crippen molar-refractivity contribution < 1.29 is 25.0 Å². The fourth-order valence-electron chi connectivity index (χ4n) is 6.00. The van der Waals surface area contributed by atoms with Gasteiger partial charge in [0.1, 0.15) is 11.2 Å². The van der Waals surface area contributed by atoms with Gasteiger partial charge in [-0.3, -0.25) is 0 Å². The van der Waals surface area contributed by atoms with Crippen LogP contribution in [0.4, 0.5) is 0 Å². The summed E-state index contributed by atoms with van der Waals surface area (Å²) in [7, 11) is 0. The zero-order chi connectivity index (χ0) is 42.8. The molecule has 1 heteroatoms. The molecule has 0 spiro atoms. The van der Waals surface area contributed by atoms with E-state index in [-0.39, 0.29) is 68.4 Å². The van der Waals surface area contributed by atoms with Gasteiger partial charge >= 0.3 is 0 Å². The molecule has 0 bridgehead atoms. The molecule has 0 saturated carbocycles. The van der Waals surface area contributed by atoms with Gasteiger partial charge in [-0.1, -0.05) is 151 Å². The van der Waals surface area contributed by atoms with Gasteiger partial charge in [0.15, 0.2) is 0 Å². The number of hydrogen-bond acceptors (Lipinski definition) is 1. The summed E-state index contributed by atoms with van der Waals surface area (Å²) in [4.78, 5) is 0. The summed E-state index contributed by atoms with van der Waals surface area (Å²) >= 11 is 0. The molecule has 45 heavy (non-hydrogen) atoms. The second kappa shape index (κ2) is 10.4. The van der Waals surface area contributed by atoms with Gasteiger partial charge in [-0.25, -0.2) is 0 Å². The SMILES string of the molecule is [2H]c1c([2H])c([2H])c(-c2c([2H])c([2H])c(-c3c4ccccc4c(-c4c([2H])c([2H])c5oc6c([2H])c([2H])c([2H])c(-c7ccccc7)c6c5c4[2H])c4ccccc34)c([2H])c2[2H])c([2H])c1[2H]. The third-order valence-electron chi connectivity index (χ3n) is 7.94.